The van der Waals surface area contributed by atoms with Gasteiger partial charge in [-0.15, -0.1) is 0 Å². The van der Waals surface area contributed by atoms with Gasteiger partial charge in [-0.2, -0.15) is 5.26 Å². The fourth-order valence-corrected chi connectivity index (χ4v) is 4.82. The summed E-state index contributed by atoms with van der Waals surface area (Å²) in [5, 5.41) is 32.7. The first-order chi connectivity index (χ1) is 19.4. The van der Waals surface area contributed by atoms with Crippen LogP contribution in [0.5, 0.6) is 5.75 Å². The van der Waals surface area contributed by atoms with E-state index < -0.39 is 17.8 Å². The minimum Gasteiger partial charge on any atom is -0.496 e. The summed E-state index contributed by atoms with van der Waals surface area (Å²) < 4.78 is 19.9. The highest BCUT2D eigenvalue weighted by Crippen LogP contribution is 2.37. The van der Waals surface area contributed by atoms with Gasteiger partial charge >= 0.3 is 0 Å². The topological polar surface area (TPSA) is 144 Å². The Bertz CT molecular complexity index is 1610. The molecule has 2 aromatic carbocycles. The standard InChI is InChI=1S/C29H25FN6O4/c1-40-26-4-2-3-22(30)27(26)28-33-10-8-24(34-28)29(39)35-23-6-5-17(21-7-9-32-14-18(21)13-31)11-25(23)36-15-20(38)12-19(36)16-37/h2-11,14,19-20,37-38H,12,15-16H2,1H3,(H,35,39). The molecule has 1 aliphatic rings. The Morgan fingerprint density at radius 3 is 2.88 bits per heavy atom. The van der Waals surface area contributed by atoms with E-state index in [0.717, 1.165) is 0 Å². The molecule has 2 aromatic heterocycles. The molecule has 0 saturated carbocycles. The molecule has 0 aliphatic carbocycles. The van der Waals surface area contributed by atoms with Crippen LogP contribution in [-0.4, -0.2) is 63.5 Å². The number of β-amino-alcohol motifs (C(OH)–C–C–N with tert-alkyl or cyclic N) is 1. The van der Waals surface area contributed by atoms with Gasteiger partial charge in [0.2, 0.25) is 0 Å². The SMILES string of the molecule is COc1cccc(F)c1-c1nccc(C(=O)Nc2ccc(-c3ccncc3C#N)cc2N2CC(O)CC2CO)n1. The molecule has 1 fully saturated rings. The first kappa shape index (κ1) is 26.7. The number of amides is 1. The average molecular weight is 541 g/mol. The smallest absolute Gasteiger partial charge is 0.274 e. The molecule has 1 saturated heterocycles. The third-order valence-electron chi connectivity index (χ3n) is 6.72. The largest absolute Gasteiger partial charge is 0.496 e. The number of carbonyl (C=O) groups is 1. The van der Waals surface area contributed by atoms with E-state index in [-0.39, 0.29) is 42.0 Å². The van der Waals surface area contributed by atoms with Gasteiger partial charge in [-0.25, -0.2) is 14.4 Å². The van der Waals surface area contributed by atoms with Gasteiger partial charge in [0.25, 0.3) is 5.91 Å². The molecule has 0 bridgehead atoms. The summed E-state index contributed by atoms with van der Waals surface area (Å²) in [6.45, 7) is 0.0385. The maximum absolute atomic E-state index is 14.6. The normalized spacial score (nSPS) is 16.4. The Morgan fingerprint density at radius 2 is 2.10 bits per heavy atom. The summed E-state index contributed by atoms with van der Waals surface area (Å²) in [6, 6.07) is 14.4. The van der Waals surface area contributed by atoms with Crippen molar-refractivity contribution in [3.8, 4) is 34.3 Å². The molecule has 2 atom stereocenters. The number of ether oxygens (including phenoxy) is 1. The van der Waals surface area contributed by atoms with Gasteiger partial charge in [0.05, 0.1) is 48.4 Å². The Labute approximate surface area is 229 Å². The summed E-state index contributed by atoms with van der Waals surface area (Å²) in [7, 11) is 1.40. The van der Waals surface area contributed by atoms with Crippen LogP contribution in [0.25, 0.3) is 22.5 Å². The molecule has 1 aliphatic heterocycles. The zero-order valence-electron chi connectivity index (χ0n) is 21.5. The zero-order chi connectivity index (χ0) is 28.2. The first-order valence-electron chi connectivity index (χ1n) is 12.4. The second-order valence-electron chi connectivity index (χ2n) is 9.18. The maximum Gasteiger partial charge on any atom is 0.274 e. The summed E-state index contributed by atoms with van der Waals surface area (Å²) in [5.74, 6) is -0.950. The van der Waals surface area contributed by atoms with Crippen molar-refractivity contribution in [2.24, 2.45) is 0 Å². The van der Waals surface area contributed by atoms with Crippen molar-refractivity contribution in [1.82, 2.24) is 15.0 Å². The van der Waals surface area contributed by atoms with Crippen molar-refractivity contribution in [1.29, 1.82) is 5.26 Å². The van der Waals surface area contributed by atoms with Crippen molar-refractivity contribution in [2.75, 3.05) is 30.5 Å². The van der Waals surface area contributed by atoms with E-state index in [9.17, 15) is 24.7 Å². The van der Waals surface area contributed by atoms with E-state index in [1.54, 1.807) is 36.5 Å². The Kier molecular flexibility index (Phi) is 7.63. The molecule has 1 amide bonds. The summed E-state index contributed by atoms with van der Waals surface area (Å²) in [5.41, 5.74) is 2.70. The number of nitriles is 1. The van der Waals surface area contributed by atoms with Crippen LogP contribution in [0, 0.1) is 17.1 Å². The number of aromatic nitrogens is 3. The van der Waals surface area contributed by atoms with Gasteiger partial charge in [0, 0.05) is 30.7 Å². The van der Waals surface area contributed by atoms with Crippen LogP contribution in [0.4, 0.5) is 15.8 Å². The van der Waals surface area contributed by atoms with Crippen LogP contribution in [0.2, 0.25) is 0 Å². The predicted octanol–water partition coefficient (Wildman–Crippen LogP) is 3.41. The number of nitrogens with one attached hydrogen (secondary N) is 1. The molecule has 11 heteroatoms. The van der Waals surface area contributed by atoms with Crippen LogP contribution < -0.4 is 15.0 Å². The lowest BCUT2D eigenvalue weighted by Gasteiger charge is -2.28. The van der Waals surface area contributed by atoms with Gasteiger partial charge in [-0.3, -0.25) is 9.78 Å². The van der Waals surface area contributed by atoms with Crippen molar-refractivity contribution < 1.29 is 24.1 Å². The predicted molar refractivity (Wildman–Crippen MR) is 145 cm³/mol. The third-order valence-corrected chi connectivity index (χ3v) is 6.72. The van der Waals surface area contributed by atoms with Crippen LogP contribution in [-0.2, 0) is 0 Å². The highest BCUT2D eigenvalue weighted by atomic mass is 19.1. The molecular weight excluding hydrogens is 515 g/mol. The number of pyridine rings is 1. The number of hydrogen-bond donors (Lipinski definition) is 3. The number of hydrogen-bond acceptors (Lipinski definition) is 9. The lowest BCUT2D eigenvalue weighted by molar-refractivity contribution is 0.102. The summed E-state index contributed by atoms with van der Waals surface area (Å²) >= 11 is 0. The van der Waals surface area contributed by atoms with E-state index in [1.807, 2.05) is 4.90 Å². The molecule has 2 unspecified atom stereocenters. The molecule has 5 rings (SSSR count). The van der Waals surface area contributed by atoms with Gasteiger partial charge in [0.15, 0.2) is 5.82 Å². The van der Waals surface area contributed by atoms with Gasteiger partial charge in [0.1, 0.15) is 23.3 Å². The van der Waals surface area contributed by atoms with E-state index >= 15 is 0 Å². The minimum atomic E-state index is -0.667. The van der Waals surface area contributed by atoms with Crippen LogP contribution >= 0.6 is 0 Å². The molecular formula is C29H25FN6O4. The Hall–Kier alpha value is -4.92. The number of anilines is 2. The van der Waals surface area contributed by atoms with Gasteiger partial charge < -0.3 is 25.2 Å². The highest BCUT2D eigenvalue weighted by Gasteiger charge is 2.32. The van der Waals surface area contributed by atoms with Gasteiger partial charge in [-0.05, 0) is 48.4 Å². The van der Waals surface area contributed by atoms with E-state index in [1.165, 1.54) is 37.7 Å². The number of halogens is 1. The van der Waals surface area contributed by atoms with E-state index in [0.29, 0.717) is 34.5 Å². The molecule has 3 heterocycles. The number of aliphatic hydroxyl groups excluding tert-OH is 2. The van der Waals surface area contributed by atoms with Gasteiger partial charge in [-0.1, -0.05) is 12.1 Å². The van der Waals surface area contributed by atoms with Crippen LogP contribution in [0.15, 0.2) is 67.1 Å². The molecule has 0 spiro atoms. The molecule has 3 N–H and O–H groups in total. The third kappa shape index (κ3) is 5.18. The minimum absolute atomic E-state index is 0.00796. The number of rotatable bonds is 7. The lowest BCUT2D eigenvalue weighted by Crippen LogP contribution is -2.33. The first-order valence-corrected chi connectivity index (χ1v) is 12.4. The number of aliphatic hydroxyl groups is 2. The maximum atomic E-state index is 14.6. The number of carbonyl (C=O) groups excluding carboxylic acids is 1. The van der Waals surface area contributed by atoms with E-state index in [2.05, 4.69) is 26.3 Å². The van der Waals surface area contributed by atoms with Crippen molar-refractivity contribution in [3.63, 3.8) is 0 Å². The second-order valence-corrected chi connectivity index (χ2v) is 9.18. The summed E-state index contributed by atoms with van der Waals surface area (Å²) in [6.07, 6.45) is 4.10. The van der Waals surface area contributed by atoms with Crippen molar-refractivity contribution in [3.05, 3.63) is 84.2 Å². The van der Waals surface area contributed by atoms with Crippen molar-refractivity contribution in [2.45, 2.75) is 18.6 Å². The van der Waals surface area contributed by atoms with Crippen molar-refractivity contribution >= 4 is 17.3 Å². The molecule has 0 radical (unpaired) electrons. The zero-order valence-corrected chi connectivity index (χ0v) is 21.5. The second kappa shape index (κ2) is 11.4. The Morgan fingerprint density at radius 1 is 1.25 bits per heavy atom. The van der Waals surface area contributed by atoms with E-state index in [4.69, 9.17) is 4.74 Å². The molecule has 40 heavy (non-hydrogen) atoms. The monoisotopic (exact) mass is 540 g/mol. The fourth-order valence-electron chi connectivity index (χ4n) is 4.82. The van der Waals surface area contributed by atoms with Crippen LogP contribution in [0.1, 0.15) is 22.5 Å². The molecule has 4 aromatic rings. The fraction of sp³-hybridized carbons (Fsp3) is 0.207. The lowest BCUT2D eigenvalue weighted by atomic mass is 10.0. The average Bonchev–Trinajstić information content (AvgIpc) is 3.37. The highest BCUT2D eigenvalue weighted by molar-refractivity contribution is 6.05. The number of benzene rings is 2. The number of nitrogens with zero attached hydrogens (tertiary/aromatic N) is 5. The summed E-state index contributed by atoms with van der Waals surface area (Å²) in [4.78, 5) is 27.6. The molecule has 202 valence electrons. The number of methoxy groups -OCH3 is 1. The quantitative estimate of drug-likeness (QED) is 0.321. The Balaban J connectivity index is 1.53. The van der Waals surface area contributed by atoms with Crippen LogP contribution in [0.3, 0.4) is 0 Å². The molecule has 10 nitrogen and oxygen atoms in total.